The molecule has 1 N–H and O–H groups in total. The molecule has 0 bridgehead atoms. The Morgan fingerprint density at radius 2 is 1.90 bits per heavy atom. The standard InChI is InChI=1S/C14H26F3N3/c1-11(2)19-7-3-5-12(10-19)20-8-4-6-18-9-13(20)14(15,16)17/h11-13,18H,3-10H2,1-2H3. The third-order valence-corrected chi connectivity index (χ3v) is 4.51. The van der Waals surface area contributed by atoms with E-state index in [-0.39, 0.29) is 12.6 Å². The Morgan fingerprint density at radius 3 is 2.55 bits per heavy atom. The van der Waals surface area contributed by atoms with Gasteiger partial charge in [-0.05, 0) is 46.2 Å². The molecule has 0 aromatic carbocycles. The zero-order valence-electron chi connectivity index (χ0n) is 12.4. The molecule has 2 unspecified atom stereocenters. The van der Waals surface area contributed by atoms with Crippen molar-refractivity contribution < 1.29 is 13.2 Å². The molecular weight excluding hydrogens is 267 g/mol. The number of nitrogens with zero attached hydrogens (tertiary/aromatic N) is 2. The van der Waals surface area contributed by atoms with Crippen LogP contribution in [0.5, 0.6) is 0 Å². The van der Waals surface area contributed by atoms with E-state index >= 15 is 0 Å². The van der Waals surface area contributed by atoms with Crippen LogP contribution in [0.4, 0.5) is 13.2 Å². The molecule has 0 radical (unpaired) electrons. The summed E-state index contributed by atoms with van der Waals surface area (Å²) in [6.45, 7) is 7.28. The first-order chi connectivity index (χ1) is 9.39. The molecule has 2 aliphatic heterocycles. The third kappa shape index (κ3) is 3.86. The second kappa shape index (κ2) is 6.62. The lowest BCUT2D eigenvalue weighted by molar-refractivity contribution is -0.189. The molecule has 6 heteroatoms. The lowest BCUT2D eigenvalue weighted by Gasteiger charge is -2.43. The van der Waals surface area contributed by atoms with Crippen molar-refractivity contribution in [3.63, 3.8) is 0 Å². The first-order valence-electron chi connectivity index (χ1n) is 7.67. The van der Waals surface area contributed by atoms with E-state index in [1.54, 1.807) is 4.90 Å². The van der Waals surface area contributed by atoms with Crippen LogP contribution in [0, 0.1) is 0 Å². The minimum absolute atomic E-state index is 0.0294. The lowest BCUT2D eigenvalue weighted by atomic mass is 10.0. The minimum Gasteiger partial charge on any atom is -0.315 e. The van der Waals surface area contributed by atoms with Crippen LogP contribution in [0.25, 0.3) is 0 Å². The Bertz CT molecular complexity index is 307. The summed E-state index contributed by atoms with van der Waals surface area (Å²) in [4.78, 5) is 4.02. The molecule has 2 heterocycles. The number of nitrogens with one attached hydrogen (secondary N) is 1. The minimum atomic E-state index is -4.14. The van der Waals surface area contributed by atoms with E-state index in [4.69, 9.17) is 0 Å². The number of alkyl halides is 3. The van der Waals surface area contributed by atoms with Crippen molar-refractivity contribution in [2.75, 3.05) is 32.7 Å². The monoisotopic (exact) mass is 293 g/mol. The van der Waals surface area contributed by atoms with Crippen LogP contribution in [-0.4, -0.2) is 66.8 Å². The van der Waals surface area contributed by atoms with Crippen molar-refractivity contribution in [2.24, 2.45) is 0 Å². The Balaban J connectivity index is 2.09. The number of hydrogen-bond donors (Lipinski definition) is 1. The lowest BCUT2D eigenvalue weighted by Crippen LogP contribution is -2.58. The van der Waals surface area contributed by atoms with Gasteiger partial charge in [0.15, 0.2) is 0 Å². The fourth-order valence-electron chi connectivity index (χ4n) is 3.36. The van der Waals surface area contributed by atoms with Crippen molar-refractivity contribution in [2.45, 2.75) is 57.4 Å². The highest BCUT2D eigenvalue weighted by Crippen LogP contribution is 2.30. The van der Waals surface area contributed by atoms with Crippen LogP contribution in [-0.2, 0) is 0 Å². The smallest absolute Gasteiger partial charge is 0.315 e. The van der Waals surface area contributed by atoms with Gasteiger partial charge in [-0.3, -0.25) is 9.80 Å². The molecule has 0 spiro atoms. The van der Waals surface area contributed by atoms with Crippen LogP contribution in [0.1, 0.15) is 33.1 Å². The van der Waals surface area contributed by atoms with Crippen molar-refractivity contribution in [3.8, 4) is 0 Å². The van der Waals surface area contributed by atoms with Crippen molar-refractivity contribution in [3.05, 3.63) is 0 Å². The van der Waals surface area contributed by atoms with Gasteiger partial charge >= 0.3 is 6.18 Å². The molecule has 0 aromatic rings. The van der Waals surface area contributed by atoms with Crippen molar-refractivity contribution in [1.82, 2.24) is 15.1 Å². The zero-order valence-corrected chi connectivity index (χ0v) is 12.4. The second-order valence-electron chi connectivity index (χ2n) is 6.24. The number of halogens is 3. The van der Waals surface area contributed by atoms with Gasteiger partial charge in [-0.2, -0.15) is 13.2 Å². The van der Waals surface area contributed by atoms with Gasteiger partial charge in [0.25, 0.3) is 0 Å². The maximum atomic E-state index is 13.3. The van der Waals surface area contributed by atoms with E-state index < -0.39 is 12.2 Å². The molecule has 2 aliphatic rings. The summed E-state index contributed by atoms with van der Waals surface area (Å²) < 4.78 is 39.9. The fourth-order valence-corrected chi connectivity index (χ4v) is 3.36. The van der Waals surface area contributed by atoms with E-state index in [1.807, 2.05) is 0 Å². The molecule has 0 saturated carbocycles. The molecule has 2 fully saturated rings. The first kappa shape index (κ1) is 16.0. The van der Waals surface area contributed by atoms with Crippen LogP contribution in [0.2, 0.25) is 0 Å². The molecule has 2 rings (SSSR count). The molecule has 3 nitrogen and oxygen atoms in total. The Kier molecular flexibility index (Phi) is 5.31. The SMILES string of the molecule is CC(C)N1CCCC(N2CCCNCC2C(F)(F)F)C1. The average molecular weight is 293 g/mol. The van der Waals surface area contributed by atoms with Crippen LogP contribution >= 0.6 is 0 Å². The van der Waals surface area contributed by atoms with Crippen molar-refractivity contribution in [1.29, 1.82) is 0 Å². The van der Waals surface area contributed by atoms with Gasteiger partial charge in [0.05, 0.1) is 0 Å². The molecule has 0 amide bonds. The van der Waals surface area contributed by atoms with Gasteiger partial charge in [-0.15, -0.1) is 0 Å². The summed E-state index contributed by atoms with van der Waals surface area (Å²) in [5, 5.41) is 2.93. The van der Waals surface area contributed by atoms with Crippen molar-refractivity contribution >= 4 is 0 Å². The molecule has 0 aromatic heterocycles. The van der Waals surface area contributed by atoms with E-state index in [1.165, 1.54) is 0 Å². The first-order valence-corrected chi connectivity index (χ1v) is 7.67. The largest absolute Gasteiger partial charge is 0.405 e. The number of rotatable bonds is 2. The summed E-state index contributed by atoms with van der Waals surface area (Å²) in [7, 11) is 0. The Morgan fingerprint density at radius 1 is 1.15 bits per heavy atom. The zero-order chi connectivity index (χ0) is 14.8. The molecule has 2 saturated heterocycles. The predicted molar refractivity (Wildman–Crippen MR) is 73.8 cm³/mol. The maximum Gasteiger partial charge on any atom is 0.405 e. The average Bonchev–Trinajstić information content (AvgIpc) is 2.64. The van der Waals surface area contributed by atoms with Crippen LogP contribution < -0.4 is 5.32 Å². The highest BCUT2D eigenvalue weighted by atomic mass is 19.4. The van der Waals surface area contributed by atoms with E-state index in [9.17, 15) is 13.2 Å². The molecule has 2 atom stereocenters. The highest BCUT2D eigenvalue weighted by molar-refractivity contribution is 4.91. The quantitative estimate of drug-likeness (QED) is 0.841. The van der Waals surface area contributed by atoms with E-state index in [2.05, 4.69) is 24.1 Å². The highest BCUT2D eigenvalue weighted by Gasteiger charge is 2.46. The summed E-state index contributed by atoms with van der Waals surface area (Å²) in [6, 6.07) is -0.882. The maximum absolute atomic E-state index is 13.3. The normalized spacial score (nSPS) is 31.5. The van der Waals surface area contributed by atoms with Crippen LogP contribution in [0.3, 0.4) is 0 Å². The third-order valence-electron chi connectivity index (χ3n) is 4.51. The van der Waals surface area contributed by atoms with Gasteiger partial charge in [0, 0.05) is 31.7 Å². The Hall–Kier alpha value is -0.330. The van der Waals surface area contributed by atoms with Gasteiger partial charge in [-0.1, -0.05) is 0 Å². The molecular formula is C14H26F3N3. The van der Waals surface area contributed by atoms with Crippen LogP contribution in [0.15, 0.2) is 0 Å². The van der Waals surface area contributed by atoms with E-state index in [0.717, 1.165) is 32.4 Å². The summed E-state index contributed by atoms with van der Waals surface area (Å²) in [5.41, 5.74) is 0. The van der Waals surface area contributed by atoms with Gasteiger partial charge < -0.3 is 5.32 Å². The Labute approximate surface area is 119 Å². The number of likely N-dealkylation sites (tertiary alicyclic amines) is 1. The molecule has 20 heavy (non-hydrogen) atoms. The molecule has 0 aliphatic carbocycles. The van der Waals surface area contributed by atoms with Gasteiger partial charge in [0.2, 0.25) is 0 Å². The summed E-state index contributed by atoms with van der Waals surface area (Å²) >= 11 is 0. The summed E-state index contributed by atoms with van der Waals surface area (Å²) in [5.74, 6) is 0. The fraction of sp³-hybridized carbons (Fsp3) is 1.00. The predicted octanol–water partition coefficient (Wildman–Crippen LogP) is 2.09. The second-order valence-corrected chi connectivity index (χ2v) is 6.24. The van der Waals surface area contributed by atoms with E-state index in [0.29, 0.717) is 19.1 Å². The topological polar surface area (TPSA) is 18.5 Å². The molecule has 118 valence electrons. The van der Waals surface area contributed by atoms with Gasteiger partial charge in [0.1, 0.15) is 6.04 Å². The number of piperidine rings is 1. The van der Waals surface area contributed by atoms with Gasteiger partial charge in [-0.25, -0.2) is 0 Å². The summed E-state index contributed by atoms with van der Waals surface area (Å²) in [6.07, 6.45) is -1.46. The number of hydrogen-bond acceptors (Lipinski definition) is 3.